The molecule has 3 aliphatic rings. The Morgan fingerprint density at radius 1 is 0.971 bits per heavy atom. The number of carbonyl (C=O) groups is 3. The number of halogens is 2. The van der Waals surface area contributed by atoms with Gasteiger partial charge >= 0.3 is 0 Å². The van der Waals surface area contributed by atoms with Crippen molar-refractivity contribution in [3.63, 3.8) is 0 Å². The summed E-state index contributed by atoms with van der Waals surface area (Å²) >= 11 is 3.36. The molecule has 35 heavy (non-hydrogen) atoms. The Labute approximate surface area is 208 Å². The minimum atomic E-state index is -1.58. The molecule has 7 nitrogen and oxygen atoms in total. The van der Waals surface area contributed by atoms with E-state index in [1.807, 2.05) is 0 Å². The Hall–Kier alpha value is -3.56. The molecule has 1 spiro atoms. The van der Waals surface area contributed by atoms with Crippen LogP contribution in [0.4, 0.5) is 15.8 Å². The molecule has 3 aromatic carbocycles. The third-order valence-electron chi connectivity index (χ3n) is 7.15. The fraction of sp³-hybridized carbons (Fsp3) is 0.192. The van der Waals surface area contributed by atoms with Crippen molar-refractivity contribution in [1.82, 2.24) is 5.32 Å². The zero-order chi connectivity index (χ0) is 24.5. The van der Waals surface area contributed by atoms with Crippen molar-refractivity contribution in [3.8, 4) is 5.75 Å². The number of nitrogens with zero attached hydrogens (tertiary/aromatic N) is 1. The second kappa shape index (κ2) is 7.73. The monoisotopic (exact) mass is 535 g/mol. The van der Waals surface area contributed by atoms with Crippen molar-refractivity contribution in [2.45, 2.75) is 18.0 Å². The van der Waals surface area contributed by atoms with Crippen LogP contribution in [0.5, 0.6) is 5.75 Å². The van der Waals surface area contributed by atoms with E-state index in [2.05, 4.69) is 26.6 Å². The number of imide groups is 1. The van der Waals surface area contributed by atoms with Gasteiger partial charge in [0.15, 0.2) is 0 Å². The molecule has 0 radical (unpaired) electrons. The van der Waals surface area contributed by atoms with Crippen LogP contribution in [0.3, 0.4) is 0 Å². The highest BCUT2D eigenvalue weighted by atomic mass is 79.9. The second-order valence-electron chi connectivity index (χ2n) is 9.07. The largest absolute Gasteiger partial charge is 0.508 e. The summed E-state index contributed by atoms with van der Waals surface area (Å²) in [5.41, 5.74) is 0.380. The lowest BCUT2D eigenvalue weighted by Gasteiger charge is -2.29. The summed E-state index contributed by atoms with van der Waals surface area (Å²) in [7, 11) is 0. The molecule has 3 N–H and O–H groups in total. The molecule has 2 saturated heterocycles. The van der Waals surface area contributed by atoms with E-state index in [0.29, 0.717) is 23.4 Å². The molecule has 3 aliphatic heterocycles. The van der Waals surface area contributed by atoms with Gasteiger partial charge in [0.05, 0.1) is 17.5 Å². The maximum absolute atomic E-state index is 14.3. The van der Waals surface area contributed by atoms with Gasteiger partial charge in [-0.25, -0.2) is 9.29 Å². The van der Waals surface area contributed by atoms with E-state index in [4.69, 9.17) is 0 Å². The van der Waals surface area contributed by atoms with Gasteiger partial charge in [0.25, 0.3) is 0 Å². The number of aromatic hydroxyl groups is 1. The zero-order valence-electron chi connectivity index (χ0n) is 18.2. The average molecular weight is 536 g/mol. The molecule has 9 heteroatoms. The number of phenols is 1. The molecule has 3 heterocycles. The summed E-state index contributed by atoms with van der Waals surface area (Å²) < 4.78 is 15.1. The lowest BCUT2D eigenvalue weighted by molar-refractivity contribution is -0.130. The molecule has 0 aromatic heterocycles. The van der Waals surface area contributed by atoms with E-state index in [9.17, 15) is 23.9 Å². The number of benzene rings is 3. The smallest absolute Gasteiger partial charge is 0.250 e. The van der Waals surface area contributed by atoms with Gasteiger partial charge < -0.3 is 10.4 Å². The van der Waals surface area contributed by atoms with Crippen LogP contribution in [0.1, 0.15) is 11.1 Å². The predicted octanol–water partition coefficient (Wildman–Crippen LogP) is 3.46. The first-order valence-corrected chi connectivity index (χ1v) is 11.9. The van der Waals surface area contributed by atoms with Gasteiger partial charge in [-0.3, -0.25) is 19.7 Å². The molecule has 6 rings (SSSR count). The maximum atomic E-state index is 14.3. The van der Waals surface area contributed by atoms with E-state index in [-0.39, 0.29) is 5.75 Å². The number of anilines is 2. The number of fused-ring (bicyclic) bond motifs is 4. The minimum Gasteiger partial charge on any atom is -0.508 e. The third-order valence-corrected chi connectivity index (χ3v) is 7.68. The van der Waals surface area contributed by atoms with Crippen LogP contribution in [-0.2, 0) is 26.3 Å². The molecule has 3 aromatic rings. The number of hydrogen-bond acceptors (Lipinski definition) is 5. The highest BCUT2D eigenvalue weighted by Crippen LogP contribution is 2.54. The van der Waals surface area contributed by atoms with Crippen molar-refractivity contribution in [1.29, 1.82) is 0 Å². The van der Waals surface area contributed by atoms with Gasteiger partial charge in [0.2, 0.25) is 17.7 Å². The van der Waals surface area contributed by atoms with Gasteiger partial charge in [-0.1, -0.05) is 28.1 Å². The third kappa shape index (κ3) is 3.15. The molecule has 0 bridgehead atoms. The molecule has 176 valence electrons. The summed E-state index contributed by atoms with van der Waals surface area (Å²) in [6.07, 6.45) is 0.328. The topological polar surface area (TPSA) is 98.7 Å². The van der Waals surface area contributed by atoms with Crippen LogP contribution in [0, 0.1) is 17.7 Å². The van der Waals surface area contributed by atoms with Crippen LogP contribution < -0.4 is 15.5 Å². The van der Waals surface area contributed by atoms with Crippen LogP contribution in [0.25, 0.3) is 0 Å². The van der Waals surface area contributed by atoms with E-state index in [1.54, 1.807) is 48.5 Å². The zero-order valence-corrected chi connectivity index (χ0v) is 19.8. The molecule has 3 amide bonds. The minimum absolute atomic E-state index is 0.107. The van der Waals surface area contributed by atoms with Crippen LogP contribution in [-0.4, -0.2) is 28.9 Å². The van der Waals surface area contributed by atoms with Crippen molar-refractivity contribution in [3.05, 3.63) is 88.1 Å². The van der Waals surface area contributed by atoms with Gasteiger partial charge in [0, 0.05) is 21.8 Å². The van der Waals surface area contributed by atoms with E-state index in [0.717, 1.165) is 14.9 Å². The van der Waals surface area contributed by atoms with E-state index in [1.165, 1.54) is 18.2 Å². The van der Waals surface area contributed by atoms with Gasteiger partial charge in [-0.15, -0.1) is 0 Å². The van der Waals surface area contributed by atoms with Crippen molar-refractivity contribution in [2.24, 2.45) is 11.8 Å². The summed E-state index contributed by atoms with van der Waals surface area (Å²) in [6, 6.07) is 16.7. The summed E-state index contributed by atoms with van der Waals surface area (Å²) in [4.78, 5) is 42.3. The van der Waals surface area contributed by atoms with Gasteiger partial charge in [-0.2, -0.15) is 0 Å². The average Bonchev–Trinajstić information content (AvgIpc) is 3.41. The first kappa shape index (κ1) is 21.9. The Kier molecular flexibility index (Phi) is 4.84. The summed E-state index contributed by atoms with van der Waals surface area (Å²) in [5, 5.41) is 15.7. The Bertz CT molecular complexity index is 1390. The van der Waals surface area contributed by atoms with Gasteiger partial charge in [0.1, 0.15) is 17.1 Å². The highest BCUT2D eigenvalue weighted by molar-refractivity contribution is 9.10. The Morgan fingerprint density at radius 2 is 1.69 bits per heavy atom. The molecular weight excluding hydrogens is 517 g/mol. The van der Waals surface area contributed by atoms with Crippen LogP contribution >= 0.6 is 15.9 Å². The van der Waals surface area contributed by atoms with Crippen molar-refractivity contribution in [2.75, 3.05) is 10.2 Å². The standard InChI is InChI=1S/C26H19BrFN3O4/c27-14-3-6-16(7-4-14)31-23(33)21-20(11-13-1-8-17(32)9-2-13)30-26(22(21)24(31)34)18-12-15(28)5-10-19(18)29-25(26)35/h1-10,12,20-22,30,32H,11H2,(H,29,35)/t20-,21+,22-,26-/m0/s1. The molecule has 4 atom stereocenters. The summed E-state index contributed by atoms with van der Waals surface area (Å²) in [5.74, 6) is -3.73. The fourth-order valence-electron chi connectivity index (χ4n) is 5.68. The fourth-order valence-corrected chi connectivity index (χ4v) is 5.94. The maximum Gasteiger partial charge on any atom is 0.250 e. The number of nitrogens with one attached hydrogen (secondary N) is 2. The normalized spacial score (nSPS) is 26.9. The lowest BCUT2D eigenvalue weighted by atomic mass is 9.76. The van der Waals surface area contributed by atoms with Crippen LogP contribution in [0.2, 0.25) is 0 Å². The first-order valence-electron chi connectivity index (χ1n) is 11.1. The highest BCUT2D eigenvalue weighted by Gasteiger charge is 2.70. The molecule has 0 aliphatic carbocycles. The number of carbonyl (C=O) groups excluding carboxylic acids is 3. The molecule has 0 saturated carbocycles. The van der Waals surface area contributed by atoms with Crippen LogP contribution in [0.15, 0.2) is 71.2 Å². The summed E-state index contributed by atoms with van der Waals surface area (Å²) in [6.45, 7) is 0. The second-order valence-corrected chi connectivity index (χ2v) is 9.98. The lowest BCUT2D eigenvalue weighted by Crippen LogP contribution is -2.53. The predicted molar refractivity (Wildman–Crippen MR) is 129 cm³/mol. The van der Waals surface area contributed by atoms with Crippen molar-refractivity contribution >= 4 is 45.0 Å². The number of phenolic OH excluding ortho intramolecular Hbond substituents is 1. The number of hydrogen-bond donors (Lipinski definition) is 3. The molecule has 2 fully saturated rings. The molecule has 0 unspecified atom stereocenters. The quantitative estimate of drug-likeness (QED) is 0.446. The van der Waals surface area contributed by atoms with Gasteiger partial charge in [-0.05, 0) is 66.6 Å². The van der Waals surface area contributed by atoms with Crippen molar-refractivity contribution < 1.29 is 23.9 Å². The van der Waals surface area contributed by atoms with E-state index < -0.39 is 47.0 Å². The SMILES string of the molecule is O=C1[C@@H]2[C@H](Cc3ccc(O)cc3)N[C@]3(C(=O)Nc4ccc(F)cc43)[C@@H]2C(=O)N1c1ccc(Br)cc1. The first-order chi connectivity index (χ1) is 16.8. The Balaban J connectivity index is 1.49. The molecular formula is C26H19BrFN3O4. The number of rotatable bonds is 3. The Morgan fingerprint density at radius 3 is 2.40 bits per heavy atom. The number of amides is 3. The van der Waals surface area contributed by atoms with E-state index >= 15 is 0 Å².